The first kappa shape index (κ1) is 13.1. The first-order valence-electron chi connectivity index (χ1n) is 5.05. The van der Waals surface area contributed by atoms with Crippen LogP contribution in [0.3, 0.4) is 0 Å². The summed E-state index contributed by atoms with van der Waals surface area (Å²) in [5.74, 6) is 0. The lowest BCUT2D eigenvalue weighted by Crippen LogP contribution is -2.23. The summed E-state index contributed by atoms with van der Waals surface area (Å²) in [7, 11) is -3.61. The van der Waals surface area contributed by atoms with E-state index in [-0.39, 0.29) is 11.4 Å². The Morgan fingerprint density at radius 1 is 1.33 bits per heavy atom. The molecule has 2 aromatic rings. The Hall–Kier alpha value is -1.31. The minimum Gasteiger partial charge on any atom is -0.472 e. The van der Waals surface area contributed by atoms with E-state index in [2.05, 4.69) is 20.7 Å². The molecule has 96 valence electrons. The summed E-state index contributed by atoms with van der Waals surface area (Å²) in [6, 6.07) is 6.32. The van der Waals surface area contributed by atoms with E-state index in [1.54, 1.807) is 18.2 Å². The summed E-state index contributed by atoms with van der Waals surface area (Å²) in [5, 5.41) is 0. The van der Waals surface area contributed by atoms with Crippen molar-refractivity contribution in [2.24, 2.45) is 0 Å². The molecule has 0 unspecified atom stereocenters. The van der Waals surface area contributed by atoms with Gasteiger partial charge in [-0.15, -0.1) is 0 Å². The van der Waals surface area contributed by atoms with Crippen molar-refractivity contribution in [3.63, 3.8) is 0 Å². The van der Waals surface area contributed by atoms with E-state index in [0.29, 0.717) is 10.2 Å². The van der Waals surface area contributed by atoms with E-state index in [1.165, 1.54) is 18.6 Å². The predicted octanol–water partition coefficient (Wildman–Crippen LogP) is 2.10. The van der Waals surface area contributed by atoms with Crippen LogP contribution in [0.25, 0.3) is 0 Å². The molecule has 2 rings (SSSR count). The topological polar surface area (TPSA) is 85.3 Å². The molecule has 0 spiro atoms. The lowest BCUT2D eigenvalue weighted by molar-refractivity contribution is 0.561. The molecule has 5 nitrogen and oxygen atoms in total. The standard InChI is InChI=1S/C11H11BrN2O3S/c12-10-2-1-9(13)5-11(10)18(15,16)14-6-8-3-4-17-7-8/h1-5,7,14H,6,13H2. The van der Waals surface area contributed by atoms with Crippen LogP contribution in [0, 0.1) is 0 Å². The number of nitrogens with one attached hydrogen (secondary N) is 1. The Morgan fingerprint density at radius 2 is 2.11 bits per heavy atom. The SMILES string of the molecule is Nc1ccc(Br)c(S(=O)(=O)NCc2ccoc2)c1. The van der Waals surface area contributed by atoms with Gasteiger partial charge in [0.25, 0.3) is 0 Å². The van der Waals surface area contributed by atoms with Crippen LogP contribution in [0.4, 0.5) is 5.69 Å². The van der Waals surface area contributed by atoms with Crippen molar-refractivity contribution in [3.05, 3.63) is 46.8 Å². The summed E-state index contributed by atoms with van der Waals surface area (Å²) in [5.41, 5.74) is 6.73. The van der Waals surface area contributed by atoms with Crippen LogP contribution in [-0.2, 0) is 16.6 Å². The summed E-state index contributed by atoms with van der Waals surface area (Å²) in [6.07, 6.45) is 2.97. The highest BCUT2D eigenvalue weighted by atomic mass is 79.9. The largest absolute Gasteiger partial charge is 0.472 e. The van der Waals surface area contributed by atoms with Gasteiger partial charge in [0.2, 0.25) is 10.0 Å². The highest BCUT2D eigenvalue weighted by Gasteiger charge is 2.17. The van der Waals surface area contributed by atoms with E-state index in [9.17, 15) is 8.42 Å². The van der Waals surface area contributed by atoms with Gasteiger partial charge in [0.15, 0.2) is 0 Å². The van der Waals surface area contributed by atoms with Gasteiger partial charge in [-0.05, 0) is 40.2 Å². The van der Waals surface area contributed by atoms with Gasteiger partial charge in [-0.2, -0.15) is 0 Å². The molecule has 0 aliphatic rings. The first-order valence-corrected chi connectivity index (χ1v) is 7.32. The van der Waals surface area contributed by atoms with Crippen LogP contribution in [0.5, 0.6) is 0 Å². The van der Waals surface area contributed by atoms with Crippen molar-refractivity contribution in [2.75, 3.05) is 5.73 Å². The van der Waals surface area contributed by atoms with Crippen molar-refractivity contribution in [3.8, 4) is 0 Å². The lowest BCUT2D eigenvalue weighted by atomic mass is 10.3. The van der Waals surface area contributed by atoms with Crippen LogP contribution in [0.2, 0.25) is 0 Å². The molecule has 0 bridgehead atoms. The third-order valence-electron chi connectivity index (χ3n) is 2.29. The lowest BCUT2D eigenvalue weighted by Gasteiger charge is -2.08. The molecule has 0 fully saturated rings. The van der Waals surface area contributed by atoms with Crippen LogP contribution in [0.15, 0.2) is 50.6 Å². The molecule has 0 aliphatic heterocycles. The predicted molar refractivity (Wildman–Crippen MR) is 71.3 cm³/mol. The van der Waals surface area contributed by atoms with E-state index in [0.717, 1.165) is 5.56 Å². The molecule has 0 saturated heterocycles. The Labute approximate surface area is 113 Å². The molecule has 0 atom stereocenters. The zero-order valence-corrected chi connectivity index (χ0v) is 11.7. The molecular weight excluding hydrogens is 320 g/mol. The number of nitrogen functional groups attached to an aromatic ring is 1. The number of nitrogens with two attached hydrogens (primary N) is 1. The molecule has 1 heterocycles. The molecule has 3 N–H and O–H groups in total. The number of benzene rings is 1. The average Bonchev–Trinajstić information content (AvgIpc) is 2.83. The van der Waals surface area contributed by atoms with E-state index >= 15 is 0 Å². The normalized spacial score (nSPS) is 11.6. The number of hydrogen-bond donors (Lipinski definition) is 2. The second kappa shape index (κ2) is 5.13. The van der Waals surface area contributed by atoms with E-state index in [4.69, 9.17) is 10.2 Å². The number of anilines is 1. The quantitative estimate of drug-likeness (QED) is 0.840. The zero-order valence-electron chi connectivity index (χ0n) is 9.26. The van der Waals surface area contributed by atoms with Gasteiger partial charge in [0.05, 0.1) is 17.4 Å². The number of sulfonamides is 1. The van der Waals surface area contributed by atoms with Gasteiger partial charge in [-0.3, -0.25) is 0 Å². The number of rotatable bonds is 4. The average molecular weight is 331 g/mol. The second-order valence-corrected chi connectivity index (χ2v) is 6.24. The minimum atomic E-state index is -3.61. The fraction of sp³-hybridized carbons (Fsp3) is 0.0909. The van der Waals surface area contributed by atoms with Gasteiger partial charge >= 0.3 is 0 Å². The van der Waals surface area contributed by atoms with Crippen molar-refractivity contribution in [1.82, 2.24) is 4.72 Å². The summed E-state index contributed by atoms with van der Waals surface area (Å²) in [6.45, 7) is 0.167. The first-order chi connectivity index (χ1) is 8.49. The molecule has 18 heavy (non-hydrogen) atoms. The summed E-state index contributed by atoms with van der Waals surface area (Å²) in [4.78, 5) is 0.117. The van der Waals surface area contributed by atoms with Gasteiger partial charge in [-0.1, -0.05) is 0 Å². The molecule has 0 saturated carbocycles. The maximum absolute atomic E-state index is 12.1. The minimum absolute atomic E-state index is 0.117. The molecule has 7 heteroatoms. The third kappa shape index (κ3) is 2.92. The monoisotopic (exact) mass is 330 g/mol. The van der Waals surface area contributed by atoms with Crippen molar-refractivity contribution >= 4 is 31.6 Å². The Kier molecular flexibility index (Phi) is 3.74. The number of halogens is 1. The Morgan fingerprint density at radius 3 is 2.78 bits per heavy atom. The molecule has 0 amide bonds. The molecule has 1 aromatic heterocycles. The van der Waals surface area contributed by atoms with Gasteiger partial charge < -0.3 is 10.2 Å². The molecule has 0 aliphatic carbocycles. The van der Waals surface area contributed by atoms with Crippen LogP contribution < -0.4 is 10.5 Å². The maximum atomic E-state index is 12.1. The fourth-order valence-electron chi connectivity index (χ4n) is 1.38. The van der Waals surface area contributed by atoms with Crippen LogP contribution >= 0.6 is 15.9 Å². The van der Waals surface area contributed by atoms with Gasteiger partial charge in [-0.25, -0.2) is 13.1 Å². The van der Waals surface area contributed by atoms with E-state index in [1.807, 2.05) is 0 Å². The summed E-state index contributed by atoms with van der Waals surface area (Å²) < 4.78 is 32.0. The Balaban J connectivity index is 2.22. The Bertz CT molecular complexity index is 638. The highest BCUT2D eigenvalue weighted by molar-refractivity contribution is 9.10. The second-order valence-electron chi connectivity index (χ2n) is 3.65. The maximum Gasteiger partial charge on any atom is 0.242 e. The van der Waals surface area contributed by atoms with Crippen molar-refractivity contribution in [1.29, 1.82) is 0 Å². The number of hydrogen-bond acceptors (Lipinski definition) is 4. The molecule has 0 radical (unpaired) electrons. The molecule has 1 aromatic carbocycles. The third-order valence-corrected chi connectivity index (χ3v) is 4.69. The molecular formula is C11H11BrN2O3S. The van der Waals surface area contributed by atoms with Crippen LogP contribution in [0.1, 0.15) is 5.56 Å². The smallest absolute Gasteiger partial charge is 0.242 e. The van der Waals surface area contributed by atoms with Crippen LogP contribution in [-0.4, -0.2) is 8.42 Å². The van der Waals surface area contributed by atoms with Crippen molar-refractivity contribution in [2.45, 2.75) is 11.4 Å². The fourth-order valence-corrected chi connectivity index (χ4v) is 3.39. The van der Waals surface area contributed by atoms with Crippen molar-refractivity contribution < 1.29 is 12.8 Å². The van der Waals surface area contributed by atoms with Gasteiger partial charge in [0.1, 0.15) is 0 Å². The van der Waals surface area contributed by atoms with Gasteiger partial charge in [0, 0.05) is 22.3 Å². The highest BCUT2D eigenvalue weighted by Crippen LogP contribution is 2.24. The number of furan rings is 1. The van der Waals surface area contributed by atoms with E-state index < -0.39 is 10.0 Å². The summed E-state index contributed by atoms with van der Waals surface area (Å²) >= 11 is 3.19. The zero-order chi connectivity index (χ0) is 13.2.